The highest BCUT2D eigenvalue weighted by molar-refractivity contribution is 7.99. The Morgan fingerprint density at radius 1 is 1.19 bits per heavy atom. The lowest BCUT2D eigenvalue weighted by atomic mass is 10.1. The first-order chi connectivity index (χ1) is 12.3. The van der Waals surface area contributed by atoms with Gasteiger partial charge in [0.05, 0.1) is 12.3 Å². The fourth-order valence-electron chi connectivity index (χ4n) is 2.01. The summed E-state index contributed by atoms with van der Waals surface area (Å²) in [5.41, 5.74) is 2.44. The minimum absolute atomic E-state index is 0.0505. The van der Waals surface area contributed by atoms with Crippen molar-refractivity contribution in [3.63, 3.8) is 0 Å². The molecular weight excluding hydrogens is 356 g/mol. The quantitative estimate of drug-likeness (QED) is 0.482. The molecule has 0 bridgehead atoms. The zero-order valence-electron chi connectivity index (χ0n) is 14.7. The van der Waals surface area contributed by atoms with Crippen molar-refractivity contribution in [1.82, 2.24) is 20.2 Å². The number of nitrogens with zero attached hydrogens (tertiary/aromatic N) is 3. The summed E-state index contributed by atoms with van der Waals surface area (Å²) in [7, 11) is 0. The second-order valence-electron chi connectivity index (χ2n) is 5.60. The van der Waals surface area contributed by atoms with Crippen LogP contribution in [0.2, 0.25) is 0 Å². The van der Waals surface area contributed by atoms with Gasteiger partial charge in [0.15, 0.2) is 0 Å². The molecule has 2 aromatic rings. The zero-order valence-corrected chi connectivity index (χ0v) is 15.5. The highest BCUT2D eigenvalue weighted by Crippen LogP contribution is 2.17. The van der Waals surface area contributed by atoms with Gasteiger partial charge in [0.1, 0.15) is 5.69 Å². The number of aryl methyl sites for hydroxylation is 2. The molecule has 1 aromatic carbocycles. The van der Waals surface area contributed by atoms with Gasteiger partial charge in [-0.1, -0.05) is 23.9 Å². The number of rotatable bonds is 6. The standard InChI is InChI=1S/C16H20N6O3S/c1-9-5-4-6-12(10(9)2)19-13(23)7-18-14(24)8-26-16-21-20-11(3)15(25)22(16)17/h4-6H,7-8,17H2,1-3H3,(H,18,24)(H,19,23). The minimum Gasteiger partial charge on any atom is -0.346 e. The molecule has 0 aliphatic rings. The number of nitrogen functional groups attached to an aromatic ring is 1. The van der Waals surface area contributed by atoms with Gasteiger partial charge in [-0.2, -0.15) is 4.68 Å². The normalized spacial score (nSPS) is 10.4. The van der Waals surface area contributed by atoms with E-state index in [0.717, 1.165) is 27.6 Å². The Hall–Kier alpha value is -2.88. The fraction of sp³-hybridized carbons (Fsp3) is 0.312. The van der Waals surface area contributed by atoms with Gasteiger partial charge in [0.25, 0.3) is 5.56 Å². The van der Waals surface area contributed by atoms with E-state index in [2.05, 4.69) is 20.8 Å². The van der Waals surface area contributed by atoms with Crippen LogP contribution in [0.15, 0.2) is 28.2 Å². The predicted octanol–water partition coefficient (Wildman–Crippen LogP) is 0.124. The molecular formula is C16H20N6O3S. The molecule has 0 aliphatic carbocycles. The number of thioether (sulfide) groups is 1. The van der Waals surface area contributed by atoms with Crippen LogP contribution in [-0.4, -0.2) is 39.0 Å². The summed E-state index contributed by atoms with van der Waals surface area (Å²) >= 11 is 0.959. The number of carbonyl (C=O) groups is 2. The first-order valence-corrected chi connectivity index (χ1v) is 8.75. The highest BCUT2D eigenvalue weighted by atomic mass is 32.2. The average Bonchev–Trinajstić information content (AvgIpc) is 2.61. The van der Waals surface area contributed by atoms with Gasteiger partial charge < -0.3 is 16.5 Å². The molecule has 2 rings (SSSR count). The van der Waals surface area contributed by atoms with E-state index in [0.29, 0.717) is 5.69 Å². The smallest absolute Gasteiger partial charge is 0.294 e. The number of nitrogens with one attached hydrogen (secondary N) is 2. The summed E-state index contributed by atoms with van der Waals surface area (Å²) in [6, 6.07) is 5.60. The Kier molecular flexibility index (Phi) is 6.34. The second kappa shape index (κ2) is 8.48. The molecule has 9 nitrogen and oxygen atoms in total. The maximum atomic E-state index is 12.0. The Labute approximate surface area is 154 Å². The van der Waals surface area contributed by atoms with Crippen molar-refractivity contribution in [2.24, 2.45) is 0 Å². The summed E-state index contributed by atoms with van der Waals surface area (Å²) in [5.74, 6) is 4.82. The van der Waals surface area contributed by atoms with E-state index < -0.39 is 5.56 Å². The predicted molar refractivity (Wildman–Crippen MR) is 99.5 cm³/mol. The molecule has 0 unspecified atom stereocenters. The molecule has 0 radical (unpaired) electrons. The molecule has 0 fully saturated rings. The third kappa shape index (κ3) is 4.82. The van der Waals surface area contributed by atoms with Gasteiger partial charge in [-0.3, -0.25) is 14.4 Å². The van der Waals surface area contributed by atoms with Gasteiger partial charge in [-0.25, -0.2) is 0 Å². The number of anilines is 1. The average molecular weight is 376 g/mol. The molecule has 0 atom stereocenters. The molecule has 0 aliphatic heterocycles. The van der Waals surface area contributed by atoms with Crippen molar-refractivity contribution in [3.8, 4) is 0 Å². The first-order valence-electron chi connectivity index (χ1n) is 7.76. The number of amides is 2. The molecule has 26 heavy (non-hydrogen) atoms. The monoisotopic (exact) mass is 376 g/mol. The number of carbonyl (C=O) groups excluding carboxylic acids is 2. The SMILES string of the molecule is Cc1cccc(NC(=O)CNC(=O)CSc2nnc(C)c(=O)n2N)c1C. The number of hydrogen-bond acceptors (Lipinski definition) is 7. The van der Waals surface area contributed by atoms with E-state index >= 15 is 0 Å². The molecule has 0 spiro atoms. The number of aromatic nitrogens is 3. The van der Waals surface area contributed by atoms with Gasteiger partial charge in [0, 0.05) is 5.69 Å². The van der Waals surface area contributed by atoms with Crippen molar-refractivity contribution >= 4 is 29.3 Å². The van der Waals surface area contributed by atoms with Crippen molar-refractivity contribution in [3.05, 3.63) is 45.4 Å². The Morgan fingerprint density at radius 3 is 2.65 bits per heavy atom. The zero-order chi connectivity index (χ0) is 19.3. The Balaban J connectivity index is 1.83. The lowest BCUT2D eigenvalue weighted by Crippen LogP contribution is -2.35. The van der Waals surface area contributed by atoms with Crippen molar-refractivity contribution in [2.75, 3.05) is 23.5 Å². The van der Waals surface area contributed by atoms with Gasteiger partial charge in [-0.05, 0) is 38.0 Å². The van der Waals surface area contributed by atoms with Crippen LogP contribution < -0.4 is 22.0 Å². The van der Waals surface area contributed by atoms with Crippen LogP contribution in [0.3, 0.4) is 0 Å². The van der Waals surface area contributed by atoms with Gasteiger partial charge in [-0.15, -0.1) is 10.2 Å². The third-order valence-corrected chi connectivity index (χ3v) is 4.62. The van der Waals surface area contributed by atoms with E-state index in [-0.39, 0.29) is 35.0 Å². The Bertz CT molecular complexity index is 896. The number of hydrogen-bond donors (Lipinski definition) is 3. The maximum absolute atomic E-state index is 12.0. The highest BCUT2D eigenvalue weighted by Gasteiger charge is 2.12. The van der Waals surface area contributed by atoms with Crippen molar-refractivity contribution < 1.29 is 9.59 Å². The van der Waals surface area contributed by atoms with E-state index in [1.165, 1.54) is 6.92 Å². The molecule has 0 saturated carbocycles. The summed E-state index contributed by atoms with van der Waals surface area (Å²) in [5, 5.41) is 12.8. The van der Waals surface area contributed by atoms with Crippen LogP contribution in [0.25, 0.3) is 0 Å². The molecule has 1 aromatic heterocycles. The second-order valence-corrected chi connectivity index (χ2v) is 6.55. The molecule has 0 saturated heterocycles. The summed E-state index contributed by atoms with van der Waals surface area (Å²) in [4.78, 5) is 35.5. The Morgan fingerprint density at radius 2 is 1.92 bits per heavy atom. The van der Waals surface area contributed by atoms with Crippen LogP contribution in [0, 0.1) is 20.8 Å². The van der Waals surface area contributed by atoms with Crippen molar-refractivity contribution in [1.29, 1.82) is 0 Å². The van der Waals surface area contributed by atoms with Crippen LogP contribution in [0.4, 0.5) is 5.69 Å². The van der Waals surface area contributed by atoms with Crippen LogP contribution in [-0.2, 0) is 9.59 Å². The van der Waals surface area contributed by atoms with Crippen LogP contribution in [0.5, 0.6) is 0 Å². The number of benzene rings is 1. The molecule has 2 amide bonds. The minimum atomic E-state index is -0.476. The van der Waals surface area contributed by atoms with E-state index in [4.69, 9.17) is 5.84 Å². The van der Waals surface area contributed by atoms with Gasteiger partial charge >= 0.3 is 0 Å². The molecule has 138 valence electrons. The third-order valence-electron chi connectivity index (χ3n) is 3.68. The van der Waals surface area contributed by atoms with Crippen LogP contribution in [0.1, 0.15) is 16.8 Å². The van der Waals surface area contributed by atoms with Crippen LogP contribution >= 0.6 is 11.8 Å². The summed E-state index contributed by atoms with van der Waals surface area (Å²) in [6.07, 6.45) is 0. The van der Waals surface area contributed by atoms with Gasteiger partial charge in [0.2, 0.25) is 17.0 Å². The summed E-state index contributed by atoms with van der Waals surface area (Å²) < 4.78 is 0.841. The molecule has 10 heteroatoms. The lowest BCUT2D eigenvalue weighted by Gasteiger charge is -2.11. The first kappa shape index (κ1) is 19.4. The topological polar surface area (TPSA) is 132 Å². The van der Waals surface area contributed by atoms with E-state index in [1.807, 2.05) is 26.0 Å². The lowest BCUT2D eigenvalue weighted by molar-refractivity contribution is -0.122. The fourth-order valence-corrected chi connectivity index (χ4v) is 2.69. The maximum Gasteiger partial charge on any atom is 0.294 e. The number of nitrogens with two attached hydrogens (primary N) is 1. The largest absolute Gasteiger partial charge is 0.346 e. The van der Waals surface area contributed by atoms with E-state index in [1.54, 1.807) is 6.07 Å². The summed E-state index contributed by atoms with van der Waals surface area (Å²) in [6.45, 7) is 5.19. The molecule has 4 N–H and O–H groups in total. The van der Waals surface area contributed by atoms with Crippen molar-refractivity contribution in [2.45, 2.75) is 25.9 Å². The van der Waals surface area contributed by atoms with E-state index in [9.17, 15) is 14.4 Å². The molecule has 1 heterocycles.